The first-order valence-corrected chi connectivity index (χ1v) is 8.24. The van der Waals surface area contributed by atoms with Crippen LogP contribution in [0.4, 0.5) is 0 Å². The van der Waals surface area contributed by atoms with E-state index in [1.807, 2.05) is 18.2 Å². The van der Waals surface area contributed by atoms with Crippen LogP contribution in [0.25, 0.3) is 0 Å². The van der Waals surface area contributed by atoms with Crippen molar-refractivity contribution in [2.24, 2.45) is 0 Å². The van der Waals surface area contributed by atoms with Gasteiger partial charge < -0.3 is 19.3 Å². The molecule has 2 aliphatic heterocycles. The van der Waals surface area contributed by atoms with Gasteiger partial charge in [0.2, 0.25) is 6.79 Å². The molecule has 1 aromatic carbocycles. The van der Waals surface area contributed by atoms with Gasteiger partial charge in [0.05, 0.1) is 18.8 Å². The second kappa shape index (κ2) is 6.07. The monoisotopic (exact) mass is 305 g/mol. The summed E-state index contributed by atoms with van der Waals surface area (Å²) >= 11 is 0. The fourth-order valence-electron chi connectivity index (χ4n) is 3.85. The van der Waals surface area contributed by atoms with Crippen LogP contribution in [0, 0.1) is 0 Å². The second-order valence-electron chi connectivity index (χ2n) is 6.38. The minimum absolute atomic E-state index is 0.266. The van der Waals surface area contributed by atoms with E-state index in [0.29, 0.717) is 18.7 Å². The maximum atomic E-state index is 10.6. The largest absolute Gasteiger partial charge is 0.454 e. The second-order valence-corrected chi connectivity index (χ2v) is 6.38. The molecule has 22 heavy (non-hydrogen) atoms. The van der Waals surface area contributed by atoms with Gasteiger partial charge in [-0.1, -0.05) is 18.9 Å². The van der Waals surface area contributed by atoms with Crippen LogP contribution >= 0.6 is 0 Å². The van der Waals surface area contributed by atoms with Crippen molar-refractivity contribution in [2.45, 2.75) is 43.9 Å². The standard InChI is InChI=1S/C17H23NO4/c19-14(12-5-6-16-17(9-12)22-11-21-16)10-18-7-8-20-15-4-2-1-3-13(15)18/h5-6,9,13-15,19H,1-4,7-8,10-11H2/t13-,14-,15+/m1/s1. The smallest absolute Gasteiger partial charge is 0.231 e. The van der Waals surface area contributed by atoms with Gasteiger partial charge in [-0.25, -0.2) is 0 Å². The van der Waals surface area contributed by atoms with E-state index in [4.69, 9.17) is 14.2 Å². The van der Waals surface area contributed by atoms with Crippen molar-refractivity contribution < 1.29 is 19.3 Å². The molecular formula is C17H23NO4. The summed E-state index contributed by atoms with van der Waals surface area (Å²) in [6.07, 6.45) is 4.71. The van der Waals surface area contributed by atoms with Gasteiger partial charge in [0.15, 0.2) is 11.5 Å². The molecule has 1 saturated heterocycles. The molecule has 0 unspecified atom stereocenters. The number of ether oxygens (including phenoxy) is 3. The van der Waals surface area contributed by atoms with Crippen molar-refractivity contribution in [3.8, 4) is 11.5 Å². The molecule has 3 aliphatic rings. The fourth-order valence-corrected chi connectivity index (χ4v) is 3.85. The average Bonchev–Trinajstić information content (AvgIpc) is 3.02. The molecule has 1 aromatic rings. The lowest BCUT2D eigenvalue weighted by molar-refractivity contribution is -0.0975. The zero-order chi connectivity index (χ0) is 14.9. The average molecular weight is 305 g/mol. The maximum absolute atomic E-state index is 10.6. The molecule has 0 bridgehead atoms. The zero-order valence-electron chi connectivity index (χ0n) is 12.7. The normalized spacial score (nSPS) is 29.1. The highest BCUT2D eigenvalue weighted by Crippen LogP contribution is 2.35. The van der Waals surface area contributed by atoms with Crippen LogP contribution in [-0.2, 0) is 4.74 Å². The number of hydrogen-bond acceptors (Lipinski definition) is 5. The van der Waals surface area contributed by atoms with E-state index >= 15 is 0 Å². The number of aliphatic hydroxyl groups excluding tert-OH is 1. The number of aliphatic hydroxyl groups is 1. The van der Waals surface area contributed by atoms with Gasteiger partial charge in [0.1, 0.15) is 0 Å². The van der Waals surface area contributed by atoms with Gasteiger partial charge in [-0.05, 0) is 30.5 Å². The van der Waals surface area contributed by atoms with Crippen LogP contribution in [0.3, 0.4) is 0 Å². The van der Waals surface area contributed by atoms with E-state index in [1.54, 1.807) is 0 Å². The molecule has 5 heteroatoms. The lowest BCUT2D eigenvalue weighted by atomic mass is 9.89. The van der Waals surface area contributed by atoms with Crippen molar-refractivity contribution in [3.05, 3.63) is 23.8 Å². The number of morpholine rings is 1. The number of β-amino-alcohol motifs (C(OH)–C–C–N with tert-alkyl or cyclic N) is 1. The van der Waals surface area contributed by atoms with E-state index in [2.05, 4.69) is 4.90 Å². The van der Waals surface area contributed by atoms with Crippen LogP contribution < -0.4 is 9.47 Å². The SMILES string of the molecule is O[C@H](CN1CCO[C@H]2CCCC[C@H]21)c1ccc2c(c1)OCO2. The van der Waals surface area contributed by atoms with Crippen molar-refractivity contribution in [3.63, 3.8) is 0 Å². The molecule has 1 saturated carbocycles. The summed E-state index contributed by atoms with van der Waals surface area (Å²) in [6.45, 7) is 2.60. The number of benzene rings is 1. The maximum Gasteiger partial charge on any atom is 0.231 e. The Labute approximate surface area is 130 Å². The summed E-state index contributed by atoms with van der Waals surface area (Å²) in [5.41, 5.74) is 0.892. The summed E-state index contributed by atoms with van der Waals surface area (Å²) in [5.74, 6) is 1.49. The molecule has 3 atom stereocenters. The summed E-state index contributed by atoms with van der Waals surface area (Å²) in [5, 5.41) is 10.6. The van der Waals surface area contributed by atoms with E-state index < -0.39 is 6.10 Å². The quantitative estimate of drug-likeness (QED) is 0.927. The Balaban J connectivity index is 1.45. The van der Waals surface area contributed by atoms with Crippen molar-refractivity contribution in [2.75, 3.05) is 26.5 Å². The molecule has 0 radical (unpaired) electrons. The fraction of sp³-hybridized carbons (Fsp3) is 0.647. The molecule has 2 fully saturated rings. The highest BCUT2D eigenvalue weighted by molar-refractivity contribution is 5.45. The molecule has 0 spiro atoms. The number of fused-ring (bicyclic) bond motifs is 2. The first kappa shape index (κ1) is 14.3. The van der Waals surface area contributed by atoms with Crippen LogP contribution in [0.15, 0.2) is 18.2 Å². The summed E-state index contributed by atoms with van der Waals surface area (Å²) < 4.78 is 16.6. The van der Waals surface area contributed by atoms with E-state index in [0.717, 1.165) is 36.6 Å². The van der Waals surface area contributed by atoms with E-state index in [-0.39, 0.29) is 6.79 Å². The summed E-state index contributed by atoms with van der Waals surface area (Å²) in [7, 11) is 0. The minimum atomic E-state index is -0.504. The molecule has 2 heterocycles. The molecule has 0 aromatic heterocycles. The summed E-state index contributed by atoms with van der Waals surface area (Å²) in [6, 6.07) is 6.16. The third-order valence-corrected chi connectivity index (χ3v) is 5.04. The first-order chi connectivity index (χ1) is 10.8. The number of nitrogens with zero attached hydrogens (tertiary/aromatic N) is 1. The number of hydrogen-bond donors (Lipinski definition) is 1. The van der Waals surface area contributed by atoms with Crippen LogP contribution in [0.5, 0.6) is 11.5 Å². The lowest BCUT2D eigenvalue weighted by Crippen LogP contribution is -2.53. The Morgan fingerprint density at radius 3 is 3.00 bits per heavy atom. The predicted molar refractivity (Wildman–Crippen MR) is 81.1 cm³/mol. The minimum Gasteiger partial charge on any atom is -0.454 e. The molecule has 1 N–H and O–H groups in total. The first-order valence-electron chi connectivity index (χ1n) is 8.24. The molecule has 5 nitrogen and oxygen atoms in total. The van der Waals surface area contributed by atoms with E-state index in [9.17, 15) is 5.11 Å². The Bertz CT molecular complexity index is 533. The van der Waals surface area contributed by atoms with Gasteiger partial charge in [-0.15, -0.1) is 0 Å². The molecule has 4 rings (SSSR count). The Kier molecular flexibility index (Phi) is 3.94. The topological polar surface area (TPSA) is 51.2 Å². The third kappa shape index (κ3) is 2.69. The van der Waals surface area contributed by atoms with Crippen molar-refractivity contribution >= 4 is 0 Å². The van der Waals surface area contributed by atoms with Crippen LogP contribution in [0.2, 0.25) is 0 Å². The van der Waals surface area contributed by atoms with Gasteiger partial charge in [-0.3, -0.25) is 4.90 Å². The third-order valence-electron chi connectivity index (χ3n) is 5.04. The molecular weight excluding hydrogens is 282 g/mol. The van der Waals surface area contributed by atoms with Crippen LogP contribution in [0.1, 0.15) is 37.4 Å². The highest BCUT2D eigenvalue weighted by atomic mass is 16.7. The van der Waals surface area contributed by atoms with Crippen molar-refractivity contribution in [1.29, 1.82) is 0 Å². The van der Waals surface area contributed by atoms with Crippen molar-refractivity contribution in [1.82, 2.24) is 4.90 Å². The van der Waals surface area contributed by atoms with E-state index in [1.165, 1.54) is 19.3 Å². The molecule has 0 amide bonds. The zero-order valence-corrected chi connectivity index (χ0v) is 12.7. The van der Waals surface area contributed by atoms with Crippen LogP contribution in [-0.4, -0.2) is 48.6 Å². The lowest BCUT2D eigenvalue weighted by Gasteiger charge is -2.44. The Hall–Kier alpha value is -1.30. The molecule has 120 valence electrons. The highest BCUT2D eigenvalue weighted by Gasteiger charge is 2.35. The predicted octanol–water partition coefficient (Wildman–Crippen LogP) is 2.09. The summed E-state index contributed by atoms with van der Waals surface area (Å²) in [4.78, 5) is 2.41. The van der Waals surface area contributed by atoms with Gasteiger partial charge >= 0.3 is 0 Å². The van der Waals surface area contributed by atoms with Gasteiger partial charge in [-0.2, -0.15) is 0 Å². The molecule has 1 aliphatic carbocycles. The van der Waals surface area contributed by atoms with Gasteiger partial charge in [0, 0.05) is 19.1 Å². The van der Waals surface area contributed by atoms with Gasteiger partial charge in [0.25, 0.3) is 0 Å². The Morgan fingerprint density at radius 1 is 1.18 bits per heavy atom. The Morgan fingerprint density at radius 2 is 2.05 bits per heavy atom. The number of rotatable bonds is 3.